The largest absolute Gasteiger partial charge is 0.387 e. The van der Waals surface area contributed by atoms with Gasteiger partial charge in [0.25, 0.3) is 0 Å². The van der Waals surface area contributed by atoms with Crippen LogP contribution in [0.15, 0.2) is 91.0 Å². The molecule has 0 bridgehead atoms. The maximum atomic E-state index is 13.9. The number of aliphatic hydroxyl groups excluding tert-OH is 2. The summed E-state index contributed by atoms with van der Waals surface area (Å²) in [5.74, 6) is -3.81. The Morgan fingerprint density at radius 1 is 0.603 bits per heavy atom. The van der Waals surface area contributed by atoms with Crippen LogP contribution in [0.3, 0.4) is 0 Å². The molecule has 18 nitrogen and oxygen atoms in total. The standard InChI is InChI=1S/C50H64N2O16/c1-46(2)56-25-32-37(62-46)39-40(66-48(5,6)65-39)43(60-32)61-35-31(26-57-50(27-18-12-9-13-19-27,28-20-14-10-15-21-28)29-22-16-11-17-23-29)58-42(34(54)33(35)53)52-45(55)51-24-30-36-38(64-47(3,4)63-36)41-44(59-30)68-49(7,8)67-41/h9-23,30-44,53-54H,24-26H2,1-8H3,(H2,51,52,55)/t30-,31-,32-,33-,34+,35-,36+,37-,38+,39+,40+,41-,42+,43-,44-/m1/s1. The quantitative estimate of drug-likeness (QED) is 0.202. The average molecular weight is 949 g/mol. The highest BCUT2D eigenvalue weighted by molar-refractivity contribution is 5.74. The van der Waals surface area contributed by atoms with Crippen molar-refractivity contribution in [2.24, 2.45) is 0 Å². The molecule has 7 fully saturated rings. The molecule has 68 heavy (non-hydrogen) atoms. The van der Waals surface area contributed by atoms with Gasteiger partial charge < -0.3 is 82.4 Å². The normalized spacial score (nSPS) is 38.6. The smallest absolute Gasteiger partial charge is 0.316 e. The Morgan fingerprint density at radius 3 is 1.72 bits per heavy atom. The van der Waals surface area contributed by atoms with Gasteiger partial charge in [-0.25, -0.2) is 4.79 Å². The van der Waals surface area contributed by atoms with Crippen molar-refractivity contribution in [3.8, 4) is 0 Å². The summed E-state index contributed by atoms with van der Waals surface area (Å²) >= 11 is 0. The van der Waals surface area contributed by atoms with Crippen LogP contribution in [0.2, 0.25) is 0 Å². The van der Waals surface area contributed by atoms with Crippen molar-refractivity contribution in [2.75, 3.05) is 19.8 Å². The molecule has 15 atom stereocenters. The molecule has 18 heteroatoms. The number of aliphatic hydroxyl groups is 2. The van der Waals surface area contributed by atoms with E-state index in [1.807, 2.05) is 105 Å². The number of nitrogens with one attached hydrogen (secondary N) is 2. The van der Waals surface area contributed by atoms with Gasteiger partial charge in [0.1, 0.15) is 78.8 Å². The summed E-state index contributed by atoms with van der Waals surface area (Å²) < 4.78 is 83.3. The summed E-state index contributed by atoms with van der Waals surface area (Å²) in [5.41, 5.74) is 1.25. The average Bonchev–Trinajstić information content (AvgIpc) is 3.94. The van der Waals surface area contributed by atoms with Crippen LogP contribution < -0.4 is 10.6 Å². The molecular formula is C50H64N2O16. The van der Waals surface area contributed by atoms with E-state index >= 15 is 0 Å². The Balaban J connectivity index is 0.931. The Hall–Kier alpha value is -3.67. The maximum absolute atomic E-state index is 13.9. The first-order valence-electron chi connectivity index (χ1n) is 23.5. The molecule has 0 saturated carbocycles. The summed E-state index contributed by atoms with van der Waals surface area (Å²) in [6, 6.07) is 28.6. The number of ether oxygens (including phenoxy) is 13. The fourth-order valence-corrected chi connectivity index (χ4v) is 10.6. The van der Waals surface area contributed by atoms with Gasteiger partial charge in [0.05, 0.1) is 13.2 Å². The lowest BCUT2D eigenvalue weighted by molar-refractivity contribution is -0.384. The van der Waals surface area contributed by atoms with Gasteiger partial charge in [-0.15, -0.1) is 0 Å². The third-order valence-electron chi connectivity index (χ3n) is 13.4. The van der Waals surface area contributed by atoms with Crippen molar-refractivity contribution in [2.45, 2.75) is 176 Å². The minimum absolute atomic E-state index is 0.0381. The van der Waals surface area contributed by atoms with Gasteiger partial charge in [0.2, 0.25) is 0 Å². The summed E-state index contributed by atoms with van der Waals surface area (Å²) in [7, 11) is 0. The molecule has 7 aliphatic heterocycles. The van der Waals surface area contributed by atoms with Gasteiger partial charge in [-0.3, -0.25) is 0 Å². The Kier molecular flexibility index (Phi) is 12.8. The molecule has 0 spiro atoms. The Bertz CT molecular complexity index is 2120. The zero-order chi connectivity index (χ0) is 47.8. The van der Waals surface area contributed by atoms with Crippen molar-refractivity contribution in [3.05, 3.63) is 108 Å². The number of rotatable bonds is 11. The minimum Gasteiger partial charge on any atom is -0.387 e. The Labute approximate surface area is 396 Å². The summed E-state index contributed by atoms with van der Waals surface area (Å²) in [6.07, 6.45) is -14.3. The lowest BCUT2D eigenvalue weighted by Crippen LogP contribution is -2.68. The Morgan fingerprint density at radius 2 is 1.12 bits per heavy atom. The fourth-order valence-electron chi connectivity index (χ4n) is 10.6. The molecular weight excluding hydrogens is 885 g/mol. The summed E-state index contributed by atoms with van der Waals surface area (Å²) in [4.78, 5) is 13.9. The molecule has 7 heterocycles. The van der Waals surface area contributed by atoms with E-state index in [0.29, 0.717) is 0 Å². The van der Waals surface area contributed by atoms with E-state index in [-0.39, 0.29) is 19.8 Å². The molecule has 0 radical (unpaired) electrons. The number of hydrogen-bond donors (Lipinski definition) is 4. The summed E-state index contributed by atoms with van der Waals surface area (Å²) in [6.45, 7) is 14.3. The van der Waals surface area contributed by atoms with E-state index in [1.54, 1.807) is 41.5 Å². The first-order chi connectivity index (χ1) is 32.3. The minimum atomic E-state index is -1.70. The molecule has 0 unspecified atom stereocenters. The molecule has 7 aliphatic rings. The van der Waals surface area contributed by atoms with Gasteiger partial charge in [-0.2, -0.15) is 0 Å². The van der Waals surface area contributed by atoms with Crippen LogP contribution in [0.4, 0.5) is 4.79 Å². The number of carbonyl (C=O) groups is 1. The predicted octanol–water partition coefficient (Wildman–Crippen LogP) is 3.92. The molecule has 10 rings (SSSR count). The maximum Gasteiger partial charge on any atom is 0.316 e. The number of fused-ring (bicyclic) bond motifs is 6. The molecule has 3 aromatic rings. The van der Waals surface area contributed by atoms with Gasteiger partial charge in [0.15, 0.2) is 42.0 Å². The monoisotopic (exact) mass is 948 g/mol. The van der Waals surface area contributed by atoms with Gasteiger partial charge in [-0.1, -0.05) is 91.0 Å². The molecule has 3 aromatic carbocycles. The highest BCUT2D eigenvalue weighted by atomic mass is 16.9. The highest BCUT2D eigenvalue weighted by Gasteiger charge is 2.62. The number of carbonyl (C=O) groups excluding carboxylic acids is 1. The molecule has 370 valence electrons. The van der Waals surface area contributed by atoms with Gasteiger partial charge in [-0.05, 0) is 72.1 Å². The molecule has 0 aliphatic carbocycles. The van der Waals surface area contributed by atoms with Gasteiger partial charge >= 0.3 is 6.03 Å². The van der Waals surface area contributed by atoms with Crippen molar-refractivity contribution < 1.29 is 76.6 Å². The van der Waals surface area contributed by atoms with E-state index in [9.17, 15) is 15.0 Å². The van der Waals surface area contributed by atoms with Crippen LogP contribution in [0.5, 0.6) is 0 Å². The topological polar surface area (TPSA) is 202 Å². The predicted molar refractivity (Wildman–Crippen MR) is 237 cm³/mol. The SMILES string of the molecule is CC1(C)O[C@@H]2[C@H](O1)[C@@H](O[C@H]1[C@H](O)[C@H](O)[C@@H](NC(=O)NC[C@H]3O[C@@H]4OC(C)(C)O[C@@H]4[C@H]4OC(C)(C)O[C@H]43)O[C@@H]1COC(c1ccccc1)(c1ccccc1)c1ccccc1)O[C@@H]1COC(C)(C)O[C@@H]21. The first-order valence-corrected chi connectivity index (χ1v) is 23.5. The highest BCUT2D eigenvalue weighted by Crippen LogP contribution is 2.46. The van der Waals surface area contributed by atoms with Crippen molar-refractivity contribution >= 4 is 6.03 Å². The third-order valence-corrected chi connectivity index (χ3v) is 13.4. The van der Waals surface area contributed by atoms with Crippen molar-refractivity contribution in [1.29, 1.82) is 0 Å². The number of hydrogen-bond acceptors (Lipinski definition) is 16. The lowest BCUT2D eigenvalue weighted by atomic mass is 9.80. The third kappa shape index (κ3) is 9.35. The van der Waals surface area contributed by atoms with Crippen LogP contribution in [0, 0.1) is 0 Å². The van der Waals surface area contributed by atoms with Crippen LogP contribution in [-0.4, -0.2) is 151 Å². The zero-order valence-corrected chi connectivity index (χ0v) is 39.6. The van der Waals surface area contributed by atoms with Crippen LogP contribution >= 0.6 is 0 Å². The van der Waals surface area contributed by atoms with E-state index in [4.69, 9.17) is 61.6 Å². The second-order valence-electron chi connectivity index (χ2n) is 20.2. The number of benzene rings is 3. The van der Waals surface area contributed by atoms with Crippen LogP contribution in [0.25, 0.3) is 0 Å². The van der Waals surface area contributed by atoms with E-state index < -0.39 is 127 Å². The van der Waals surface area contributed by atoms with Gasteiger partial charge in [0, 0.05) is 6.54 Å². The number of urea groups is 1. The second-order valence-corrected chi connectivity index (χ2v) is 20.2. The van der Waals surface area contributed by atoms with Crippen molar-refractivity contribution in [3.63, 3.8) is 0 Å². The molecule has 4 N–H and O–H groups in total. The van der Waals surface area contributed by atoms with E-state index in [2.05, 4.69) is 10.6 Å². The van der Waals surface area contributed by atoms with E-state index in [0.717, 1.165) is 16.7 Å². The first kappa shape index (κ1) is 48.0. The van der Waals surface area contributed by atoms with E-state index in [1.165, 1.54) is 0 Å². The molecule has 7 saturated heterocycles. The second kappa shape index (κ2) is 18.2. The lowest BCUT2D eigenvalue weighted by Gasteiger charge is -2.50. The summed E-state index contributed by atoms with van der Waals surface area (Å²) in [5, 5.41) is 29.7. The van der Waals surface area contributed by atoms with Crippen LogP contribution in [0.1, 0.15) is 72.1 Å². The van der Waals surface area contributed by atoms with Crippen LogP contribution in [-0.2, 0) is 67.2 Å². The fraction of sp³-hybridized carbons (Fsp3) is 0.620. The molecule has 2 amide bonds. The number of amides is 2. The zero-order valence-electron chi connectivity index (χ0n) is 39.6. The molecule has 0 aromatic heterocycles. The van der Waals surface area contributed by atoms with Crippen molar-refractivity contribution in [1.82, 2.24) is 10.6 Å².